The molecule has 0 bridgehead atoms. The van der Waals surface area contributed by atoms with Crippen LogP contribution in [0.5, 0.6) is 0 Å². The molecule has 0 aliphatic carbocycles. The van der Waals surface area contributed by atoms with Gasteiger partial charge in [0.15, 0.2) is 6.54 Å². The van der Waals surface area contributed by atoms with Crippen LogP contribution in [0, 0.1) is 5.92 Å². The van der Waals surface area contributed by atoms with E-state index in [1.165, 1.54) is 0 Å². The van der Waals surface area contributed by atoms with Gasteiger partial charge in [-0.3, -0.25) is 14.4 Å². The SMILES string of the molecule is CC(C)C[C@H](NC(=O)C[NH3+])C(=O)NCC(=O)NCC(=O)[O-]. The first-order valence-corrected chi connectivity index (χ1v) is 6.59. The molecule has 0 aromatic heterocycles. The Morgan fingerprint density at radius 3 is 2.14 bits per heavy atom. The fourth-order valence-electron chi connectivity index (χ4n) is 1.49. The number of nitrogens with one attached hydrogen (secondary N) is 3. The standard InChI is InChI=1S/C12H22N4O5/c1-7(2)3-8(16-9(17)4-13)12(21)15-5-10(18)14-6-11(19)20/h7-8H,3-6,13H2,1-2H3,(H,14,18)(H,15,21)(H,16,17)(H,19,20)/t8-/m0/s1. The Morgan fingerprint density at radius 2 is 1.67 bits per heavy atom. The minimum Gasteiger partial charge on any atom is -0.548 e. The molecule has 0 rings (SSSR count). The van der Waals surface area contributed by atoms with E-state index in [9.17, 15) is 24.3 Å². The molecule has 0 saturated heterocycles. The van der Waals surface area contributed by atoms with Gasteiger partial charge in [0.25, 0.3) is 5.91 Å². The molecule has 0 fully saturated rings. The summed E-state index contributed by atoms with van der Waals surface area (Å²) in [5.74, 6) is -2.78. The number of rotatable bonds is 9. The van der Waals surface area contributed by atoms with Gasteiger partial charge in [0.1, 0.15) is 6.04 Å². The van der Waals surface area contributed by atoms with Crippen molar-refractivity contribution in [2.75, 3.05) is 19.6 Å². The van der Waals surface area contributed by atoms with E-state index in [-0.39, 0.29) is 24.9 Å². The van der Waals surface area contributed by atoms with Crippen molar-refractivity contribution in [3.63, 3.8) is 0 Å². The monoisotopic (exact) mass is 302 g/mol. The van der Waals surface area contributed by atoms with Crippen molar-refractivity contribution in [2.24, 2.45) is 5.92 Å². The van der Waals surface area contributed by atoms with Crippen molar-refractivity contribution in [1.29, 1.82) is 0 Å². The van der Waals surface area contributed by atoms with Gasteiger partial charge in [0.2, 0.25) is 11.8 Å². The number of hydrogen-bond acceptors (Lipinski definition) is 5. The highest BCUT2D eigenvalue weighted by molar-refractivity contribution is 5.91. The highest BCUT2D eigenvalue weighted by Gasteiger charge is 2.22. The van der Waals surface area contributed by atoms with E-state index in [4.69, 9.17) is 0 Å². The second-order valence-corrected chi connectivity index (χ2v) is 4.87. The first-order chi connectivity index (χ1) is 9.76. The van der Waals surface area contributed by atoms with Gasteiger partial charge in [0.05, 0.1) is 19.1 Å². The maximum atomic E-state index is 11.9. The smallest absolute Gasteiger partial charge is 0.275 e. The number of carboxylic acids is 1. The van der Waals surface area contributed by atoms with Crippen LogP contribution < -0.4 is 26.8 Å². The molecule has 21 heavy (non-hydrogen) atoms. The van der Waals surface area contributed by atoms with Crippen LogP contribution in [-0.4, -0.2) is 49.4 Å². The van der Waals surface area contributed by atoms with Gasteiger partial charge in [-0.1, -0.05) is 13.8 Å². The van der Waals surface area contributed by atoms with E-state index >= 15 is 0 Å². The average Bonchev–Trinajstić information content (AvgIpc) is 2.40. The first kappa shape index (κ1) is 18.8. The van der Waals surface area contributed by atoms with Gasteiger partial charge in [-0.2, -0.15) is 0 Å². The molecule has 0 heterocycles. The summed E-state index contributed by atoms with van der Waals surface area (Å²) < 4.78 is 0. The van der Waals surface area contributed by atoms with Crippen LogP contribution in [-0.2, 0) is 19.2 Å². The third-order valence-electron chi connectivity index (χ3n) is 2.44. The van der Waals surface area contributed by atoms with Gasteiger partial charge < -0.3 is 31.6 Å². The molecule has 0 aromatic rings. The molecule has 0 aliphatic rings. The molecule has 9 heteroatoms. The first-order valence-electron chi connectivity index (χ1n) is 6.59. The molecular formula is C12H22N4O5. The van der Waals surface area contributed by atoms with Gasteiger partial charge in [-0.05, 0) is 12.3 Å². The van der Waals surface area contributed by atoms with Crippen LogP contribution in [0.2, 0.25) is 0 Å². The number of aliphatic carboxylic acids is 1. The minimum atomic E-state index is -1.42. The molecule has 0 unspecified atom stereocenters. The second kappa shape index (κ2) is 9.70. The van der Waals surface area contributed by atoms with E-state index in [2.05, 4.69) is 21.7 Å². The quantitative estimate of drug-likeness (QED) is 0.339. The Kier molecular flexibility index (Phi) is 8.70. The largest absolute Gasteiger partial charge is 0.548 e. The van der Waals surface area contributed by atoms with Gasteiger partial charge >= 0.3 is 0 Å². The van der Waals surface area contributed by atoms with E-state index in [1.807, 2.05) is 13.8 Å². The summed E-state index contributed by atoms with van der Waals surface area (Å²) in [6, 6.07) is -0.756. The molecule has 0 radical (unpaired) electrons. The average molecular weight is 302 g/mol. The number of hydrogen-bond donors (Lipinski definition) is 4. The molecule has 0 aromatic carbocycles. The Hall–Kier alpha value is -2.16. The maximum Gasteiger partial charge on any atom is 0.275 e. The summed E-state index contributed by atoms with van der Waals surface area (Å²) in [4.78, 5) is 44.7. The fourth-order valence-corrected chi connectivity index (χ4v) is 1.49. The zero-order valence-electron chi connectivity index (χ0n) is 12.2. The zero-order valence-corrected chi connectivity index (χ0v) is 12.2. The third kappa shape index (κ3) is 9.38. The number of quaternary nitrogens is 1. The maximum absolute atomic E-state index is 11.9. The highest BCUT2D eigenvalue weighted by Crippen LogP contribution is 2.04. The van der Waals surface area contributed by atoms with Gasteiger partial charge in [-0.15, -0.1) is 0 Å². The second-order valence-electron chi connectivity index (χ2n) is 4.87. The van der Waals surface area contributed by atoms with Crippen molar-refractivity contribution < 1.29 is 30.0 Å². The van der Waals surface area contributed by atoms with Crippen molar-refractivity contribution in [1.82, 2.24) is 16.0 Å². The van der Waals surface area contributed by atoms with Crippen LogP contribution >= 0.6 is 0 Å². The molecule has 120 valence electrons. The minimum absolute atomic E-state index is 0.00791. The normalized spacial score (nSPS) is 11.6. The van der Waals surface area contributed by atoms with E-state index < -0.39 is 30.4 Å². The Bertz CT molecular complexity index is 397. The summed E-state index contributed by atoms with van der Waals surface area (Å²) >= 11 is 0. The Labute approximate surface area is 122 Å². The van der Waals surface area contributed by atoms with Crippen LogP contribution in [0.25, 0.3) is 0 Å². The molecule has 6 N–H and O–H groups in total. The summed E-state index contributed by atoms with van der Waals surface area (Å²) in [6.07, 6.45) is 0.415. The van der Waals surface area contributed by atoms with E-state index in [1.54, 1.807) is 0 Å². The number of amides is 3. The van der Waals surface area contributed by atoms with E-state index in [0.717, 1.165) is 0 Å². The lowest BCUT2D eigenvalue weighted by molar-refractivity contribution is -0.355. The van der Waals surface area contributed by atoms with Crippen LogP contribution in [0.1, 0.15) is 20.3 Å². The molecule has 0 saturated carbocycles. The molecule has 3 amide bonds. The molecule has 9 nitrogen and oxygen atoms in total. The van der Waals surface area contributed by atoms with Gasteiger partial charge in [0, 0.05) is 0 Å². The number of carboxylic acid groups (broad SMARTS) is 1. The van der Waals surface area contributed by atoms with Crippen LogP contribution in [0.3, 0.4) is 0 Å². The van der Waals surface area contributed by atoms with E-state index in [0.29, 0.717) is 6.42 Å². The van der Waals surface area contributed by atoms with Gasteiger partial charge in [-0.25, -0.2) is 0 Å². The highest BCUT2D eigenvalue weighted by atomic mass is 16.4. The van der Waals surface area contributed by atoms with Crippen molar-refractivity contribution in [2.45, 2.75) is 26.3 Å². The summed E-state index contributed by atoms with van der Waals surface area (Å²) in [7, 11) is 0. The number of carbonyl (C=O) groups excluding carboxylic acids is 4. The summed E-state index contributed by atoms with van der Waals surface area (Å²) in [6.45, 7) is 2.80. The number of carbonyl (C=O) groups is 4. The fraction of sp³-hybridized carbons (Fsp3) is 0.667. The lowest BCUT2D eigenvalue weighted by Gasteiger charge is -2.19. The lowest BCUT2D eigenvalue weighted by atomic mass is 10.0. The van der Waals surface area contributed by atoms with Crippen LogP contribution in [0.4, 0.5) is 0 Å². The molecule has 1 atom stereocenters. The lowest BCUT2D eigenvalue weighted by Crippen LogP contribution is -2.60. The third-order valence-corrected chi connectivity index (χ3v) is 2.44. The Morgan fingerprint density at radius 1 is 1.05 bits per heavy atom. The summed E-state index contributed by atoms with van der Waals surface area (Å²) in [5.41, 5.74) is 3.42. The molecular weight excluding hydrogens is 280 g/mol. The zero-order chi connectivity index (χ0) is 16.4. The predicted octanol–water partition coefficient (Wildman–Crippen LogP) is -4.26. The predicted molar refractivity (Wildman–Crippen MR) is 70.2 cm³/mol. The van der Waals surface area contributed by atoms with Crippen LogP contribution in [0.15, 0.2) is 0 Å². The van der Waals surface area contributed by atoms with Crippen molar-refractivity contribution >= 4 is 23.7 Å². The molecule has 0 aliphatic heterocycles. The topological polar surface area (TPSA) is 155 Å². The molecule has 0 spiro atoms. The summed E-state index contributed by atoms with van der Waals surface area (Å²) in [5, 5.41) is 17.1. The van der Waals surface area contributed by atoms with Crippen molar-refractivity contribution in [3.8, 4) is 0 Å². The van der Waals surface area contributed by atoms with Crippen molar-refractivity contribution in [3.05, 3.63) is 0 Å². The Balaban J connectivity index is 4.36.